The number of benzene rings is 3. The number of fused-ring (bicyclic) bond motifs is 2. The number of hydrogen-bond acceptors (Lipinski definition) is 7. The van der Waals surface area contributed by atoms with Gasteiger partial charge in [-0.25, -0.2) is 4.98 Å². The topological polar surface area (TPSA) is 89.0 Å². The van der Waals surface area contributed by atoms with Gasteiger partial charge in [0.15, 0.2) is 5.13 Å². The van der Waals surface area contributed by atoms with Crippen molar-refractivity contribution in [1.82, 2.24) is 4.98 Å². The summed E-state index contributed by atoms with van der Waals surface area (Å²) < 4.78 is 12.2. The lowest BCUT2D eigenvalue weighted by Crippen LogP contribution is -2.29. The van der Waals surface area contributed by atoms with Gasteiger partial charge < -0.3 is 14.6 Å². The highest BCUT2D eigenvalue weighted by atomic mass is 35.5. The minimum Gasteiger partial charge on any atom is -0.507 e. The monoisotopic (exact) mass is 558 g/mol. The number of thiazole rings is 1. The van der Waals surface area contributed by atoms with Crippen molar-refractivity contribution in [2.24, 2.45) is 0 Å². The van der Waals surface area contributed by atoms with Crippen LogP contribution in [0.15, 0.2) is 78.9 Å². The number of halogens is 1. The average Bonchev–Trinajstić information content (AvgIpc) is 3.59. The number of anilines is 1. The van der Waals surface area contributed by atoms with Gasteiger partial charge in [-0.05, 0) is 66.6 Å². The van der Waals surface area contributed by atoms with Gasteiger partial charge in [0.1, 0.15) is 30.0 Å². The van der Waals surface area contributed by atoms with E-state index >= 15 is 0 Å². The Morgan fingerprint density at radius 1 is 1.21 bits per heavy atom. The maximum atomic E-state index is 13.5. The summed E-state index contributed by atoms with van der Waals surface area (Å²) in [5, 5.41) is 12.4. The Balaban J connectivity index is 1.50. The molecule has 196 valence electrons. The van der Waals surface area contributed by atoms with Crippen molar-refractivity contribution in [3.05, 3.63) is 101 Å². The van der Waals surface area contributed by atoms with E-state index < -0.39 is 17.7 Å². The van der Waals surface area contributed by atoms with Gasteiger partial charge in [0.2, 0.25) is 0 Å². The highest BCUT2D eigenvalue weighted by Crippen LogP contribution is 2.45. The summed E-state index contributed by atoms with van der Waals surface area (Å²) >= 11 is 7.43. The van der Waals surface area contributed by atoms with Crippen molar-refractivity contribution < 1.29 is 24.2 Å². The van der Waals surface area contributed by atoms with Gasteiger partial charge in [0.25, 0.3) is 5.78 Å². The number of aromatic nitrogens is 1. The number of aliphatic hydroxyl groups is 1. The Bertz CT molecular complexity index is 1680. The summed E-state index contributed by atoms with van der Waals surface area (Å²) in [5.74, 6) is -0.444. The van der Waals surface area contributed by atoms with Crippen LogP contribution in [-0.4, -0.2) is 34.5 Å². The van der Waals surface area contributed by atoms with Crippen LogP contribution in [0.1, 0.15) is 29.7 Å². The number of hydrogen-bond donors (Lipinski definition) is 1. The van der Waals surface area contributed by atoms with Crippen molar-refractivity contribution in [3.8, 4) is 11.5 Å². The first kappa shape index (κ1) is 25.2. The fourth-order valence-corrected chi connectivity index (χ4v) is 6.23. The second-order valence-electron chi connectivity index (χ2n) is 9.40. The van der Waals surface area contributed by atoms with Gasteiger partial charge in [-0.2, -0.15) is 0 Å². The predicted octanol–water partition coefficient (Wildman–Crippen LogP) is 6.46. The van der Waals surface area contributed by atoms with Crippen LogP contribution in [0.5, 0.6) is 11.5 Å². The van der Waals surface area contributed by atoms with Crippen LogP contribution in [0.2, 0.25) is 5.02 Å². The first-order valence-corrected chi connectivity index (χ1v) is 13.5. The largest absolute Gasteiger partial charge is 0.507 e. The van der Waals surface area contributed by atoms with E-state index in [1.54, 1.807) is 60.7 Å². The Morgan fingerprint density at radius 3 is 2.77 bits per heavy atom. The maximum absolute atomic E-state index is 13.5. The maximum Gasteiger partial charge on any atom is 0.301 e. The summed E-state index contributed by atoms with van der Waals surface area (Å²) in [6, 6.07) is 16.7. The normalized spacial score (nSPS) is 19.8. The zero-order chi connectivity index (χ0) is 27.3. The van der Waals surface area contributed by atoms with E-state index in [9.17, 15) is 14.7 Å². The Hall–Kier alpha value is -4.14. The Labute approximate surface area is 233 Å². The molecule has 0 spiro atoms. The molecule has 0 bridgehead atoms. The van der Waals surface area contributed by atoms with Gasteiger partial charge in [-0.3, -0.25) is 14.5 Å². The lowest BCUT2D eigenvalue weighted by atomic mass is 9.94. The number of ether oxygens (including phenoxy) is 2. The molecule has 1 N–H and O–H groups in total. The molecule has 0 unspecified atom stereocenters. The van der Waals surface area contributed by atoms with E-state index in [1.165, 1.54) is 16.2 Å². The molecule has 0 saturated carbocycles. The smallest absolute Gasteiger partial charge is 0.301 e. The molecule has 3 aromatic carbocycles. The van der Waals surface area contributed by atoms with Crippen molar-refractivity contribution in [2.75, 3.05) is 11.5 Å². The SMILES string of the molecule is C=CCOc1ccc([C@@H]2C(=C(O)c3ccc4c(c3)C[C@H](C)O4)C(=O)C(=O)N2c2nc3ccc(Cl)cc3s2)cc1. The van der Waals surface area contributed by atoms with Crippen molar-refractivity contribution in [1.29, 1.82) is 0 Å². The van der Waals surface area contributed by atoms with Crippen LogP contribution in [-0.2, 0) is 16.0 Å². The summed E-state index contributed by atoms with van der Waals surface area (Å²) in [6.45, 7) is 5.97. The number of ketones is 1. The number of amides is 1. The zero-order valence-corrected chi connectivity index (χ0v) is 22.5. The summed E-state index contributed by atoms with van der Waals surface area (Å²) in [4.78, 5) is 33.1. The molecular weight excluding hydrogens is 536 g/mol. The fourth-order valence-electron chi connectivity index (χ4n) is 4.96. The first-order chi connectivity index (χ1) is 18.8. The molecular formula is C30H23ClN2O5S. The van der Waals surface area contributed by atoms with Gasteiger partial charge in [-0.1, -0.05) is 47.7 Å². The molecule has 2 aliphatic heterocycles. The van der Waals surface area contributed by atoms with Gasteiger partial charge in [-0.15, -0.1) is 0 Å². The van der Waals surface area contributed by atoms with Crippen LogP contribution in [0.3, 0.4) is 0 Å². The third-order valence-electron chi connectivity index (χ3n) is 6.72. The number of carbonyl (C=O) groups is 2. The number of nitrogens with zero attached hydrogens (tertiary/aromatic N) is 2. The fraction of sp³-hybridized carbons (Fsp3) is 0.167. The Morgan fingerprint density at radius 2 is 2.00 bits per heavy atom. The van der Waals surface area contributed by atoms with Crippen LogP contribution in [0, 0.1) is 0 Å². The minimum atomic E-state index is -0.905. The Kier molecular flexibility index (Phi) is 6.37. The number of rotatable bonds is 6. The molecule has 39 heavy (non-hydrogen) atoms. The standard InChI is InChI=1S/C30H23ClN2O5S/c1-3-12-37-21-8-4-17(5-9-21)26-25(27(34)18-6-11-23-19(14-18)13-16(2)38-23)28(35)29(36)33(26)30-32-22-10-7-20(31)15-24(22)39-30/h3-11,14-16,26,34H,1,12-13H2,2H3/t16-,26+/m0/s1. The lowest BCUT2D eigenvalue weighted by molar-refractivity contribution is -0.132. The van der Waals surface area contributed by atoms with Crippen molar-refractivity contribution in [2.45, 2.75) is 25.5 Å². The molecule has 0 radical (unpaired) electrons. The van der Waals surface area contributed by atoms with Gasteiger partial charge >= 0.3 is 5.91 Å². The van der Waals surface area contributed by atoms with E-state index in [0.717, 1.165) is 16.0 Å². The molecule has 1 aromatic heterocycles. The summed E-state index contributed by atoms with van der Waals surface area (Å²) in [6.07, 6.45) is 2.36. The molecule has 7 nitrogen and oxygen atoms in total. The average molecular weight is 559 g/mol. The minimum absolute atomic E-state index is 0.0102. The lowest BCUT2D eigenvalue weighted by Gasteiger charge is -2.23. The third kappa shape index (κ3) is 4.45. The second kappa shape index (κ2) is 9.87. The predicted molar refractivity (Wildman–Crippen MR) is 152 cm³/mol. The number of Topliss-reactive ketones (excluding diaryl/α,β-unsaturated/α-hetero) is 1. The molecule has 1 fully saturated rings. The van der Waals surface area contributed by atoms with E-state index in [2.05, 4.69) is 11.6 Å². The van der Waals surface area contributed by atoms with Crippen molar-refractivity contribution >= 4 is 55.7 Å². The highest BCUT2D eigenvalue weighted by Gasteiger charge is 2.48. The van der Waals surface area contributed by atoms with Crippen LogP contribution >= 0.6 is 22.9 Å². The van der Waals surface area contributed by atoms with Crippen molar-refractivity contribution in [3.63, 3.8) is 0 Å². The van der Waals surface area contributed by atoms with Crippen LogP contribution < -0.4 is 14.4 Å². The molecule has 2 atom stereocenters. The second-order valence-corrected chi connectivity index (χ2v) is 10.8. The molecule has 3 heterocycles. The zero-order valence-electron chi connectivity index (χ0n) is 20.9. The molecule has 1 amide bonds. The number of carbonyl (C=O) groups excluding carboxylic acids is 2. The first-order valence-electron chi connectivity index (χ1n) is 12.3. The highest BCUT2D eigenvalue weighted by molar-refractivity contribution is 7.22. The van der Waals surface area contributed by atoms with E-state index in [4.69, 9.17) is 21.1 Å². The van der Waals surface area contributed by atoms with Gasteiger partial charge in [0, 0.05) is 17.0 Å². The van der Waals surface area contributed by atoms with Gasteiger partial charge in [0.05, 0.1) is 21.8 Å². The van der Waals surface area contributed by atoms with E-state index in [1.807, 2.05) is 13.0 Å². The van der Waals surface area contributed by atoms with E-state index in [-0.39, 0.29) is 17.4 Å². The van der Waals surface area contributed by atoms with E-state index in [0.29, 0.717) is 45.6 Å². The molecule has 6 rings (SSSR count). The molecule has 0 aliphatic carbocycles. The molecule has 4 aromatic rings. The number of aliphatic hydroxyl groups excluding tert-OH is 1. The quantitative estimate of drug-likeness (QED) is 0.126. The third-order valence-corrected chi connectivity index (χ3v) is 7.98. The molecule has 2 aliphatic rings. The summed E-state index contributed by atoms with van der Waals surface area (Å²) in [5.41, 5.74) is 2.64. The van der Waals surface area contributed by atoms with Crippen LogP contribution in [0.4, 0.5) is 5.13 Å². The summed E-state index contributed by atoms with van der Waals surface area (Å²) in [7, 11) is 0. The van der Waals surface area contributed by atoms with Crippen LogP contribution in [0.25, 0.3) is 16.0 Å². The molecule has 9 heteroatoms. The molecule has 1 saturated heterocycles.